The van der Waals surface area contributed by atoms with Gasteiger partial charge in [0.2, 0.25) is 5.91 Å². The molecular weight excluding hydrogens is 314 g/mol. The van der Waals surface area contributed by atoms with E-state index in [1.807, 2.05) is 13.8 Å². The Hall–Kier alpha value is -2.30. The van der Waals surface area contributed by atoms with Gasteiger partial charge in [0.1, 0.15) is 5.76 Å². The van der Waals surface area contributed by atoms with Crippen LogP contribution >= 0.6 is 0 Å². The Morgan fingerprint density at radius 2 is 1.96 bits per heavy atom. The van der Waals surface area contributed by atoms with Gasteiger partial charge in [-0.2, -0.15) is 0 Å². The summed E-state index contributed by atoms with van der Waals surface area (Å²) in [6.45, 7) is 12.0. The molecule has 0 saturated heterocycles. The number of carbonyl (C=O) groups is 1. The Morgan fingerprint density at radius 3 is 2.60 bits per heavy atom. The first-order valence-corrected chi connectivity index (χ1v) is 8.80. The summed E-state index contributed by atoms with van der Waals surface area (Å²) in [7, 11) is 0. The van der Waals surface area contributed by atoms with Crippen molar-refractivity contribution in [3.8, 4) is 0 Å². The molecule has 0 fully saturated rings. The van der Waals surface area contributed by atoms with E-state index in [0.717, 1.165) is 53.5 Å². The highest BCUT2D eigenvalue weighted by Gasteiger charge is 2.22. The van der Waals surface area contributed by atoms with Gasteiger partial charge < -0.3 is 14.6 Å². The van der Waals surface area contributed by atoms with Gasteiger partial charge in [-0.25, -0.2) is 4.98 Å². The summed E-state index contributed by atoms with van der Waals surface area (Å²) in [5.41, 5.74) is 5.30. The molecule has 134 valence electrons. The molecule has 3 rings (SSSR count). The third kappa shape index (κ3) is 4.03. The highest BCUT2D eigenvalue weighted by Crippen LogP contribution is 2.31. The fourth-order valence-electron chi connectivity index (χ4n) is 3.33. The van der Waals surface area contributed by atoms with Gasteiger partial charge in [0, 0.05) is 30.8 Å². The lowest BCUT2D eigenvalue weighted by Crippen LogP contribution is -2.30. The molecule has 2 aromatic rings. The van der Waals surface area contributed by atoms with E-state index < -0.39 is 0 Å². The number of nitrogens with zero attached hydrogens (tertiary/aromatic N) is 2. The maximum atomic E-state index is 12.3. The molecule has 1 N–H and O–H groups in total. The molecule has 5 nitrogen and oxygen atoms in total. The van der Waals surface area contributed by atoms with Gasteiger partial charge in [-0.05, 0) is 42.5 Å². The summed E-state index contributed by atoms with van der Waals surface area (Å²) in [5.74, 6) is 1.01. The van der Waals surface area contributed by atoms with E-state index in [1.165, 1.54) is 6.39 Å². The number of benzene rings is 1. The van der Waals surface area contributed by atoms with Crippen molar-refractivity contribution < 1.29 is 9.21 Å². The van der Waals surface area contributed by atoms with E-state index >= 15 is 0 Å². The number of fused-ring (bicyclic) bond motifs is 1. The summed E-state index contributed by atoms with van der Waals surface area (Å²) in [4.78, 5) is 18.8. The Bertz CT molecular complexity index is 763. The van der Waals surface area contributed by atoms with Crippen LogP contribution in [0.4, 0.5) is 11.4 Å². The van der Waals surface area contributed by atoms with Crippen LogP contribution in [0.15, 0.2) is 22.9 Å². The molecule has 0 aliphatic carbocycles. The van der Waals surface area contributed by atoms with Crippen molar-refractivity contribution in [2.75, 3.05) is 16.8 Å². The van der Waals surface area contributed by atoms with Crippen LogP contribution in [0.1, 0.15) is 49.8 Å². The zero-order chi connectivity index (χ0) is 18.2. The number of nitrogens with one attached hydrogen (secondary N) is 1. The highest BCUT2D eigenvalue weighted by atomic mass is 16.3. The molecule has 0 radical (unpaired) electrons. The molecule has 0 spiro atoms. The van der Waals surface area contributed by atoms with Crippen molar-refractivity contribution in [1.82, 2.24) is 4.98 Å². The quantitative estimate of drug-likeness (QED) is 0.908. The molecule has 0 saturated carbocycles. The number of rotatable bonds is 3. The molecule has 0 bridgehead atoms. The van der Waals surface area contributed by atoms with E-state index in [-0.39, 0.29) is 11.3 Å². The second-order valence-corrected chi connectivity index (χ2v) is 8.13. The van der Waals surface area contributed by atoms with E-state index in [2.05, 4.69) is 48.1 Å². The van der Waals surface area contributed by atoms with Gasteiger partial charge in [-0.1, -0.05) is 20.8 Å². The average molecular weight is 341 g/mol. The summed E-state index contributed by atoms with van der Waals surface area (Å²) in [6.07, 6.45) is 2.93. The number of anilines is 2. The number of hydrogen-bond acceptors (Lipinski definition) is 4. The Labute approximate surface area is 149 Å². The maximum absolute atomic E-state index is 12.3. The van der Waals surface area contributed by atoms with Crippen LogP contribution in [-0.2, 0) is 17.8 Å². The minimum atomic E-state index is -0.0194. The van der Waals surface area contributed by atoms with E-state index in [1.54, 1.807) is 0 Å². The van der Waals surface area contributed by atoms with E-state index in [4.69, 9.17) is 4.42 Å². The SMILES string of the molecule is Cc1cc(N2CCc3ncoc3C2)cc(C)c1NC(=O)CC(C)(C)C. The normalized spacial score (nSPS) is 14.4. The number of oxazole rings is 1. The lowest BCUT2D eigenvalue weighted by atomic mass is 9.92. The molecular formula is C20H27N3O2. The predicted octanol–water partition coefficient (Wildman–Crippen LogP) is 4.23. The van der Waals surface area contributed by atoms with Crippen molar-refractivity contribution in [2.45, 2.75) is 54.0 Å². The summed E-state index contributed by atoms with van der Waals surface area (Å²) >= 11 is 0. The van der Waals surface area contributed by atoms with Crippen LogP contribution in [0.5, 0.6) is 0 Å². The first kappa shape index (κ1) is 17.5. The van der Waals surface area contributed by atoms with Gasteiger partial charge in [0.25, 0.3) is 0 Å². The fraction of sp³-hybridized carbons (Fsp3) is 0.500. The standard InChI is InChI=1S/C20H27N3O2/c1-13-8-15(23-7-6-16-17(11-23)25-12-21-16)9-14(2)19(13)22-18(24)10-20(3,4)5/h8-9,12H,6-7,10-11H2,1-5H3,(H,22,24). The van der Waals surface area contributed by atoms with Crippen molar-refractivity contribution in [1.29, 1.82) is 0 Å². The Morgan fingerprint density at radius 1 is 1.28 bits per heavy atom. The van der Waals surface area contributed by atoms with Crippen molar-refractivity contribution >= 4 is 17.3 Å². The molecule has 2 heterocycles. The second-order valence-electron chi connectivity index (χ2n) is 8.13. The molecule has 1 aliphatic heterocycles. The first-order chi connectivity index (χ1) is 11.7. The Balaban J connectivity index is 1.78. The maximum Gasteiger partial charge on any atom is 0.224 e. The smallest absolute Gasteiger partial charge is 0.224 e. The third-order valence-corrected chi connectivity index (χ3v) is 4.52. The molecule has 0 unspecified atom stereocenters. The van der Waals surface area contributed by atoms with Crippen LogP contribution in [0.2, 0.25) is 0 Å². The molecule has 5 heteroatoms. The zero-order valence-electron chi connectivity index (χ0n) is 15.8. The minimum absolute atomic E-state index is 0.0194. The largest absolute Gasteiger partial charge is 0.446 e. The van der Waals surface area contributed by atoms with Crippen LogP contribution in [-0.4, -0.2) is 17.4 Å². The molecule has 1 aromatic heterocycles. The lowest BCUT2D eigenvalue weighted by molar-refractivity contribution is -0.117. The first-order valence-electron chi connectivity index (χ1n) is 8.80. The summed E-state index contributed by atoms with van der Waals surface area (Å²) in [6, 6.07) is 4.28. The lowest BCUT2D eigenvalue weighted by Gasteiger charge is -2.29. The number of amides is 1. The topological polar surface area (TPSA) is 58.4 Å². The molecule has 1 aromatic carbocycles. The van der Waals surface area contributed by atoms with Gasteiger partial charge in [-0.3, -0.25) is 4.79 Å². The summed E-state index contributed by atoms with van der Waals surface area (Å²) < 4.78 is 5.48. The second kappa shape index (κ2) is 6.54. The monoisotopic (exact) mass is 341 g/mol. The molecule has 1 amide bonds. The van der Waals surface area contributed by atoms with Gasteiger partial charge >= 0.3 is 0 Å². The zero-order valence-corrected chi connectivity index (χ0v) is 15.8. The van der Waals surface area contributed by atoms with Crippen molar-refractivity contribution in [3.05, 3.63) is 41.1 Å². The highest BCUT2D eigenvalue weighted by molar-refractivity contribution is 5.93. The van der Waals surface area contributed by atoms with Gasteiger partial charge in [0.15, 0.2) is 6.39 Å². The van der Waals surface area contributed by atoms with Gasteiger partial charge in [0.05, 0.1) is 12.2 Å². The number of aryl methyl sites for hydroxylation is 2. The molecule has 1 aliphatic rings. The van der Waals surface area contributed by atoms with Crippen LogP contribution in [0.3, 0.4) is 0 Å². The molecule has 0 atom stereocenters. The number of carbonyl (C=O) groups excluding carboxylic acids is 1. The predicted molar refractivity (Wildman–Crippen MR) is 99.9 cm³/mol. The number of hydrogen-bond donors (Lipinski definition) is 1. The third-order valence-electron chi connectivity index (χ3n) is 4.52. The van der Waals surface area contributed by atoms with Crippen LogP contribution in [0.25, 0.3) is 0 Å². The van der Waals surface area contributed by atoms with E-state index in [9.17, 15) is 4.79 Å². The minimum Gasteiger partial charge on any atom is -0.446 e. The molecule has 25 heavy (non-hydrogen) atoms. The van der Waals surface area contributed by atoms with Crippen LogP contribution < -0.4 is 10.2 Å². The summed E-state index contributed by atoms with van der Waals surface area (Å²) in [5, 5.41) is 3.09. The van der Waals surface area contributed by atoms with Crippen molar-refractivity contribution in [3.63, 3.8) is 0 Å². The van der Waals surface area contributed by atoms with Gasteiger partial charge in [-0.15, -0.1) is 0 Å². The fourth-order valence-corrected chi connectivity index (χ4v) is 3.33. The Kier molecular flexibility index (Phi) is 4.58. The number of aromatic nitrogens is 1. The van der Waals surface area contributed by atoms with Crippen LogP contribution in [0, 0.1) is 19.3 Å². The van der Waals surface area contributed by atoms with E-state index in [0.29, 0.717) is 6.42 Å². The average Bonchev–Trinajstić information content (AvgIpc) is 2.96. The van der Waals surface area contributed by atoms with Crippen molar-refractivity contribution in [2.24, 2.45) is 5.41 Å².